The Bertz CT molecular complexity index is 377. The molecule has 1 rings (SSSR count). The number of halogens is 1. The number of aliphatic hydroxyl groups is 2. The molecule has 0 spiro atoms. The van der Waals surface area contributed by atoms with Gasteiger partial charge in [0.2, 0.25) is 0 Å². The Kier molecular flexibility index (Phi) is 7.17. The van der Waals surface area contributed by atoms with Gasteiger partial charge in [-0.05, 0) is 18.6 Å². The Morgan fingerprint density at radius 3 is 2.84 bits per heavy atom. The van der Waals surface area contributed by atoms with Gasteiger partial charge in [0.25, 0.3) is 0 Å². The van der Waals surface area contributed by atoms with Crippen molar-refractivity contribution >= 4 is 11.4 Å². The standard InChI is InChI=1S/C13H21FN2O3/c1-19-7-3-6-15-12-5-2-4-11(14)13(12)16-8-10(18)9-17/h2,4-5,10,15-18H,3,6-9H2,1H3. The van der Waals surface area contributed by atoms with Crippen molar-refractivity contribution < 1.29 is 19.3 Å². The van der Waals surface area contributed by atoms with E-state index in [1.54, 1.807) is 19.2 Å². The first kappa shape index (κ1) is 15.7. The van der Waals surface area contributed by atoms with Crippen LogP contribution in [0.4, 0.5) is 15.8 Å². The molecule has 108 valence electrons. The molecule has 1 aromatic rings. The molecule has 0 aromatic heterocycles. The summed E-state index contributed by atoms with van der Waals surface area (Å²) in [5, 5.41) is 23.9. The predicted octanol–water partition coefficient (Wildman–Crippen LogP) is 1.04. The highest BCUT2D eigenvalue weighted by atomic mass is 19.1. The minimum absolute atomic E-state index is 0.0875. The largest absolute Gasteiger partial charge is 0.394 e. The van der Waals surface area contributed by atoms with Crippen LogP contribution in [-0.2, 0) is 4.74 Å². The number of benzene rings is 1. The number of nitrogens with one attached hydrogen (secondary N) is 2. The average Bonchev–Trinajstić information content (AvgIpc) is 2.42. The summed E-state index contributed by atoms with van der Waals surface area (Å²) < 4.78 is 18.6. The fourth-order valence-electron chi connectivity index (χ4n) is 1.58. The zero-order valence-electron chi connectivity index (χ0n) is 11.0. The van der Waals surface area contributed by atoms with Gasteiger partial charge in [-0.25, -0.2) is 4.39 Å². The second kappa shape index (κ2) is 8.68. The third-order valence-corrected chi connectivity index (χ3v) is 2.58. The molecule has 1 aromatic carbocycles. The SMILES string of the molecule is COCCCNc1cccc(F)c1NCC(O)CO. The van der Waals surface area contributed by atoms with Crippen LogP contribution in [0.15, 0.2) is 18.2 Å². The number of rotatable bonds is 9. The van der Waals surface area contributed by atoms with Crippen LogP contribution in [0, 0.1) is 5.82 Å². The van der Waals surface area contributed by atoms with Gasteiger partial charge in [0.15, 0.2) is 0 Å². The van der Waals surface area contributed by atoms with E-state index in [2.05, 4.69) is 10.6 Å². The summed E-state index contributed by atoms with van der Waals surface area (Å²) in [5.41, 5.74) is 0.925. The average molecular weight is 272 g/mol. The number of methoxy groups -OCH3 is 1. The molecule has 0 heterocycles. The van der Waals surface area contributed by atoms with Crippen LogP contribution in [0.2, 0.25) is 0 Å². The highest BCUT2D eigenvalue weighted by molar-refractivity contribution is 5.69. The number of para-hydroxylation sites is 1. The second-order valence-electron chi connectivity index (χ2n) is 4.15. The van der Waals surface area contributed by atoms with Gasteiger partial charge in [0, 0.05) is 26.8 Å². The van der Waals surface area contributed by atoms with Gasteiger partial charge in [-0.2, -0.15) is 0 Å². The molecular formula is C13H21FN2O3. The van der Waals surface area contributed by atoms with Gasteiger partial charge in [-0.3, -0.25) is 0 Å². The number of hydrogen-bond acceptors (Lipinski definition) is 5. The van der Waals surface area contributed by atoms with Crippen LogP contribution < -0.4 is 10.6 Å². The Morgan fingerprint density at radius 2 is 2.16 bits per heavy atom. The summed E-state index contributed by atoms with van der Waals surface area (Å²) in [6.07, 6.45) is -0.105. The lowest BCUT2D eigenvalue weighted by atomic mass is 10.2. The van der Waals surface area contributed by atoms with Crippen LogP contribution in [0.3, 0.4) is 0 Å². The van der Waals surface area contributed by atoms with Gasteiger partial charge in [-0.15, -0.1) is 0 Å². The molecule has 0 saturated carbocycles. The van der Waals surface area contributed by atoms with E-state index in [1.807, 2.05) is 0 Å². The first-order chi connectivity index (χ1) is 9.19. The Hall–Kier alpha value is -1.37. The molecule has 0 radical (unpaired) electrons. The zero-order chi connectivity index (χ0) is 14.1. The fraction of sp³-hybridized carbons (Fsp3) is 0.538. The molecule has 0 aliphatic carbocycles. The maximum absolute atomic E-state index is 13.7. The van der Waals surface area contributed by atoms with E-state index in [1.165, 1.54) is 6.07 Å². The molecular weight excluding hydrogens is 251 g/mol. The lowest BCUT2D eigenvalue weighted by Gasteiger charge is -2.16. The molecule has 0 fully saturated rings. The van der Waals surface area contributed by atoms with E-state index in [9.17, 15) is 9.50 Å². The highest BCUT2D eigenvalue weighted by Gasteiger charge is 2.09. The van der Waals surface area contributed by atoms with Crippen LogP contribution in [0.5, 0.6) is 0 Å². The third kappa shape index (κ3) is 5.42. The van der Waals surface area contributed by atoms with E-state index in [0.29, 0.717) is 24.5 Å². The summed E-state index contributed by atoms with van der Waals surface area (Å²) in [7, 11) is 1.63. The Labute approximate surface area is 112 Å². The summed E-state index contributed by atoms with van der Waals surface area (Å²) in [6.45, 7) is 1.02. The molecule has 0 aliphatic rings. The van der Waals surface area contributed by atoms with Crippen molar-refractivity contribution in [2.45, 2.75) is 12.5 Å². The molecule has 1 atom stereocenters. The predicted molar refractivity (Wildman–Crippen MR) is 73.0 cm³/mol. The van der Waals surface area contributed by atoms with E-state index in [-0.39, 0.29) is 13.2 Å². The van der Waals surface area contributed by atoms with Crippen molar-refractivity contribution in [3.63, 3.8) is 0 Å². The van der Waals surface area contributed by atoms with E-state index in [0.717, 1.165) is 6.42 Å². The zero-order valence-corrected chi connectivity index (χ0v) is 11.0. The molecule has 5 nitrogen and oxygen atoms in total. The molecule has 0 amide bonds. The maximum atomic E-state index is 13.7. The van der Waals surface area contributed by atoms with Crippen molar-refractivity contribution in [3.05, 3.63) is 24.0 Å². The summed E-state index contributed by atoms with van der Waals surface area (Å²) in [5.74, 6) is -0.401. The number of anilines is 2. The highest BCUT2D eigenvalue weighted by Crippen LogP contribution is 2.24. The Morgan fingerprint density at radius 1 is 1.37 bits per heavy atom. The van der Waals surface area contributed by atoms with Gasteiger partial charge < -0.3 is 25.6 Å². The first-order valence-electron chi connectivity index (χ1n) is 6.23. The van der Waals surface area contributed by atoms with Gasteiger partial charge >= 0.3 is 0 Å². The van der Waals surface area contributed by atoms with Crippen molar-refractivity contribution in [3.8, 4) is 0 Å². The smallest absolute Gasteiger partial charge is 0.148 e. The monoisotopic (exact) mass is 272 g/mol. The van der Waals surface area contributed by atoms with Crippen molar-refractivity contribution in [1.29, 1.82) is 0 Å². The number of hydrogen-bond donors (Lipinski definition) is 4. The maximum Gasteiger partial charge on any atom is 0.148 e. The molecule has 0 bridgehead atoms. The van der Waals surface area contributed by atoms with E-state index < -0.39 is 11.9 Å². The summed E-state index contributed by atoms with van der Waals surface area (Å²) in [6, 6.07) is 4.71. The number of ether oxygens (including phenoxy) is 1. The molecule has 6 heteroatoms. The third-order valence-electron chi connectivity index (χ3n) is 2.58. The van der Waals surface area contributed by atoms with E-state index in [4.69, 9.17) is 9.84 Å². The van der Waals surface area contributed by atoms with E-state index >= 15 is 0 Å². The quantitative estimate of drug-likeness (QED) is 0.506. The first-order valence-corrected chi connectivity index (χ1v) is 6.23. The minimum atomic E-state index is -0.916. The molecule has 0 saturated heterocycles. The number of aliphatic hydroxyl groups excluding tert-OH is 2. The van der Waals surface area contributed by atoms with Crippen molar-refractivity contribution in [2.75, 3.05) is 44.0 Å². The van der Waals surface area contributed by atoms with Gasteiger partial charge in [0.05, 0.1) is 24.1 Å². The fourth-order valence-corrected chi connectivity index (χ4v) is 1.58. The minimum Gasteiger partial charge on any atom is -0.394 e. The van der Waals surface area contributed by atoms with Crippen molar-refractivity contribution in [2.24, 2.45) is 0 Å². The van der Waals surface area contributed by atoms with Gasteiger partial charge in [0.1, 0.15) is 5.82 Å². The molecule has 1 unspecified atom stereocenters. The molecule has 19 heavy (non-hydrogen) atoms. The van der Waals surface area contributed by atoms with Crippen molar-refractivity contribution in [1.82, 2.24) is 0 Å². The lowest BCUT2D eigenvalue weighted by molar-refractivity contribution is 0.105. The summed E-state index contributed by atoms with van der Waals surface area (Å²) >= 11 is 0. The topological polar surface area (TPSA) is 73.8 Å². The summed E-state index contributed by atoms with van der Waals surface area (Å²) in [4.78, 5) is 0. The lowest BCUT2D eigenvalue weighted by Crippen LogP contribution is -2.24. The van der Waals surface area contributed by atoms with Crippen LogP contribution >= 0.6 is 0 Å². The normalized spacial score (nSPS) is 12.2. The van der Waals surface area contributed by atoms with Crippen LogP contribution in [0.1, 0.15) is 6.42 Å². The Balaban J connectivity index is 2.61. The van der Waals surface area contributed by atoms with Gasteiger partial charge in [-0.1, -0.05) is 6.07 Å². The van der Waals surface area contributed by atoms with Crippen LogP contribution in [-0.4, -0.2) is 49.7 Å². The second-order valence-corrected chi connectivity index (χ2v) is 4.15. The molecule has 0 aliphatic heterocycles. The molecule has 4 N–H and O–H groups in total. The van der Waals surface area contributed by atoms with Crippen LogP contribution in [0.25, 0.3) is 0 Å².